The van der Waals surface area contributed by atoms with Crippen LogP contribution in [0.4, 0.5) is 0 Å². The van der Waals surface area contributed by atoms with Gasteiger partial charge in [-0.05, 0) is 30.6 Å². The molecule has 0 aromatic carbocycles. The van der Waals surface area contributed by atoms with Crippen molar-refractivity contribution < 1.29 is 9.53 Å². The van der Waals surface area contributed by atoms with Crippen molar-refractivity contribution in [3.05, 3.63) is 18.2 Å². The quantitative estimate of drug-likeness (QED) is 0.926. The number of hydrogen-bond acceptors (Lipinski definition) is 3. The van der Waals surface area contributed by atoms with Crippen LogP contribution in [0.2, 0.25) is 0 Å². The Morgan fingerprint density at radius 1 is 1.41 bits per heavy atom. The number of amides is 1. The van der Waals surface area contributed by atoms with Gasteiger partial charge in [-0.3, -0.25) is 4.79 Å². The predicted molar refractivity (Wildman–Crippen MR) is 84.4 cm³/mol. The van der Waals surface area contributed by atoms with E-state index in [0.717, 1.165) is 57.8 Å². The van der Waals surface area contributed by atoms with Gasteiger partial charge in [0.1, 0.15) is 5.82 Å². The molecule has 5 heteroatoms. The van der Waals surface area contributed by atoms with Crippen LogP contribution in [-0.4, -0.2) is 35.2 Å². The second-order valence-corrected chi connectivity index (χ2v) is 7.32. The van der Waals surface area contributed by atoms with E-state index >= 15 is 0 Å². The van der Waals surface area contributed by atoms with Crippen molar-refractivity contribution >= 4 is 5.91 Å². The molecular formula is C17H27N3O2. The first kappa shape index (κ1) is 15.5. The van der Waals surface area contributed by atoms with Gasteiger partial charge in [0, 0.05) is 45.1 Å². The van der Waals surface area contributed by atoms with Crippen LogP contribution in [0, 0.1) is 17.3 Å². The normalized spacial score (nSPS) is 23.1. The van der Waals surface area contributed by atoms with Gasteiger partial charge in [0.15, 0.2) is 0 Å². The topological polar surface area (TPSA) is 56.2 Å². The van der Waals surface area contributed by atoms with E-state index in [1.54, 1.807) is 0 Å². The van der Waals surface area contributed by atoms with Crippen molar-refractivity contribution in [2.75, 3.05) is 19.8 Å². The van der Waals surface area contributed by atoms with Gasteiger partial charge in [0.25, 0.3) is 0 Å². The summed E-state index contributed by atoms with van der Waals surface area (Å²) in [5.74, 6) is 2.01. The standard InChI is InChI=1S/C17H27N3O2/c1-17(2,14-5-9-22-10-6-14)12-19-16(21)13-3-4-15-18-7-8-20(15)11-13/h7-8,13-14H,3-6,9-12H2,1-2H3,(H,19,21). The van der Waals surface area contributed by atoms with E-state index in [9.17, 15) is 4.79 Å². The van der Waals surface area contributed by atoms with Gasteiger partial charge >= 0.3 is 0 Å². The highest BCUT2D eigenvalue weighted by molar-refractivity contribution is 5.78. The van der Waals surface area contributed by atoms with E-state index < -0.39 is 0 Å². The summed E-state index contributed by atoms with van der Waals surface area (Å²) in [6, 6.07) is 0. The number of hydrogen-bond donors (Lipinski definition) is 1. The number of nitrogens with zero attached hydrogens (tertiary/aromatic N) is 2. The molecule has 0 saturated carbocycles. The van der Waals surface area contributed by atoms with E-state index in [2.05, 4.69) is 28.7 Å². The molecule has 122 valence electrons. The number of rotatable bonds is 4. The van der Waals surface area contributed by atoms with Gasteiger partial charge in [-0.15, -0.1) is 0 Å². The maximum Gasteiger partial charge on any atom is 0.224 e. The number of nitrogens with one attached hydrogen (secondary N) is 1. The number of ether oxygens (including phenoxy) is 1. The fourth-order valence-electron chi connectivity index (χ4n) is 3.66. The molecule has 1 saturated heterocycles. The van der Waals surface area contributed by atoms with Crippen LogP contribution >= 0.6 is 0 Å². The molecule has 1 atom stereocenters. The highest BCUT2D eigenvalue weighted by Gasteiger charge is 2.32. The maximum atomic E-state index is 12.5. The number of aryl methyl sites for hydroxylation is 1. The van der Waals surface area contributed by atoms with Crippen LogP contribution in [0.3, 0.4) is 0 Å². The zero-order chi connectivity index (χ0) is 15.6. The molecule has 5 nitrogen and oxygen atoms in total. The van der Waals surface area contributed by atoms with Crippen molar-refractivity contribution in [1.82, 2.24) is 14.9 Å². The second-order valence-electron chi connectivity index (χ2n) is 7.32. The summed E-state index contributed by atoms with van der Waals surface area (Å²) in [6.45, 7) is 7.75. The van der Waals surface area contributed by atoms with E-state index in [-0.39, 0.29) is 17.2 Å². The minimum Gasteiger partial charge on any atom is -0.381 e. The van der Waals surface area contributed by atoms with Gasteiger partial charge in [0.05, 0.1) is 5.92 Å². The molecule has 3 heterocycles. The average molecular weight is 305 g/mol. The third kappa shape index (κ3) is 3.35. The minimum atomic E-state index is 0.0761. The lowest BCUT2D eigenvalue weighted by Crippen LogP contribution is -2.44. The van der Waals surface area contributed by atoms with E-state index in [0.29, 0.717) is 5.92 Å². The molecular weight excluding hydrogens is 278 g/mol. The van der Waals surface area contributed by atoms with Crippen molar-refractivity contribution in [2.24, 2.45) is 17.3 Å². The molecule has 2 aliphatic heterocycles. The molecule has 1 aromatic heterocycles. The molecule has 1 unspecified atom stereocenters. The lowest BCUT2D eigenvalue weighted by atomic mass is 9.74. The molecule has 3 rings (SSSR count). The zero-order valence-electron chi connectivity index (χ0n) is 13.7. The molecule has 0 spiro atoms. The lowest BCUT2D eigenvalue weighted by Gasteiger charge is -2.37. The van der Waals surface area contributed by atoms with Gasteiger partial charge in [0.2, 0.25) is 5.91 Å². The third-order valence-corrected chi connectivity index (χ3v) is 5.35. The maximum absolute atomic E-state index is 12.5. The fourth-order valence-corrected chi connectivity index (χ4v) is 3.66. The first-order chi connectivity index (χ1) is 10.6. The Labute approximate surface area is 132 Å². The van der Waals surface area contributed by atoms with Crippen LogP contribution < -0.4 is 5.32 Å². The first-order valence-corrected chi connectivity index (χ1v) is 8.42. The summed E-state index contributed by atoms with van der Waals surface area (Å²) < 4.78 is 7.55. The number of carbonyl (C=O) groups excluding carboxylic acids is 1. The average Bonchev–Trinajstić information content (AvgIpc) is 3.01. The van der Waals surface area contributed by atoms with Gasteiger partial charge < -0.3 is 14.6 Å². The summed E-state index contributed by atoms with van der Waals surface area (Å²) in [7, 11) is 0. The summed E-state index contributed by atoms with van der Waals surface area (Å²) in [4.78, 5) is 16.8. The summed E-state index contributed by atoms with van der Waals surface area (Å²) in [6.07, 6.45) is 7.80. The largest absolute Gasteiger partial charge is 0.381 e. The van der Waals surface area contributed by atoms with E-state index in [1.165, 1.54) is 0 Å². The predicted octanol–water partition coefficient (Wildman–Crippen LogP) is 2.01. The monoisotopic (exact) mass is 305 g/mol. The van der Waals surface area contributed by atoms with Crippen LogP contribution in [0.5, 0.6) is 0 Å². The van der Waals surface area contributed by atoms with E-state index in [4.69, 9.17) is 4.74 Å². The van der Waals surface area contributed by atoms with Crippen molar-refractivity contribution in [3.63, 3.8) is 0 Å². The Kier molecular flexibility index (Phi) is 4.52. The van der Waals surface area contributed by atoms with Gasteiger partial charge in [-0.25, -0.2) is 4.98 Å². The van der Waals surface area contributed by atoms with Crippen LogP contribution in [-0.2, 0) is 22.5 Å². The van der Waals surface area contributed by atoms with Gasteiger partial charge in [-0.1, -0.05) is 13.8 Å². The molecule has 0 bridgehead atoms. The Hall–Kier alpha value is -1.36. The minimum absolute atomic E-state index is 0.0761. The van der Waals surface area contributed by atoms with Crippen LogP contribution in [0.1, 0.15) is 38.9 Å². The highest BCUT2D eigenvalue weighted by atomic mass is 16.5. The Morgan fingerprint density at radius 3 is 2.95 bits per heavy atom. The van der Waals surface area contributed by atoms with Crippen molar-refractivity contribution in [3.8, 4) is 0 Å². The molecule has 2 aliphatic rings. The summed E-state index contributed by atoms with van der Waals surface area (Å²) >= 11 is 0. The molecule has 22 heavy (non-hydrogen) atoms. The Bertz CT molecular complexity index is 518. The molecule has 1 fully saturated rings. The van der Waals surface area contributed by atoms with Crippen LogP contribution in [0.15, 0.2) is 12.4 Å². The number of carbonyl (C=O) groups is 1. The van der Waals surface area contributed by atoms with Gasteiger partial charge in [-0.2, -0.15) is 0 Å². The number of fused-ring (bicyclic) bond motifs is 1. The van der Waals surface area contributed by atoms with E-state index in [1.807, 2.05) is 12.4 Å². The lowest BCUT2D eigenvalue weighted by molar-refractivity contribution is -0.126. The molecule has 1 amide bonds. The summed E-state index contributed by atoms with van der Waals surface area (Å²) in [5, 5.41) is 3.20. The second kappa shape index (κ2) is 6.41. The molecule has 0 aliphatic carbocycles. The fraction of sp³-hybridized carbons (Fsp3) is 0.765. The third-order valence-electron chi connectivity index (χ3n) is 5.35. The number of aromatic nitrogens is 2. The Balaban J connectivity index is 1.52. The smallest absolute Gasteiger partial charge is 0.224 e. The number of imidazole rings is 1. The first-order valence-electron chi connectivity index (χ1n) is 8.42. The van der Waals surface area contributed by atoms with Crippen molar-refractivity contribution in [1.29, 1.82) is 0 Å². The molecule has 1 aromatic rings. The molecule has 1 N–H and O–H groups in total. The van der Waals surface area contributed by atoms with Crippen LogP contribution in [0.25, 0.3) is 0 Å². The molecule has 0 radical (unpaired) electrons. The zero-order valence-corrected chi connectivity index (χ0v) is 13.7. The van der Waals surface area contributed by atoms with Crippen molar-refractivity contribution in [2.45, 2.75) is 46.1 Å². The highest BCUT2D eigenvalue weighted by Crippen LogP contribution is 2.33. The summed E-state index contributed by atoms with van der Waals surface area (Å²) in [5.41, 5.74) is 0.133. The SMILES string of the molecule is CC(C)(CNC(=O)C1CCc2nccn2C1)C1CCOCC1. The Morgan fingerprint density at radius 2 is 2.18 bits per heavy atom.